The molecule has 0 atom stereocenters. The molecule has 0 spiro atoms. The monoisotopic (exact) mass is 420 g/mol. The van der Waals surface area contributed by atoms with Crippen molar-refractivity contribution in [3.63, 3.8) is 0 Å². The molecule has 1 aliphatic heterocycles. The lowest BCUT2D eigenvalue weighted by atomic mass is 9.91. The van der Waals surface area contributed by atoms with Crippen molar-refractivity contribution in [3.8, 4) is 0 Å². The maximum atomic E-state index is 12.9. The molecule has 8 nitrogen and oxygen atoms in total. The van der Waals surface area contributed by atoms with Crippen molar-refractivity contribution in [2.45, 2.75) is 52.5 Å². The third kappa shape index (κ3) is 4.34. The predicted octanol–water partition coefficient (Wildman–Crippen LogP) is 2.72. The average Bonchev–Trinajstić information content (AvgIpc) is 3.04. The van der Waals surface area contributed by atoms with Crippen LogP contribution in [0.5, 0.6) is 0 Å². The van der Waals surface area contributed by atoms with E-state index in [9.17, 15) is 24.3 Å². The smallest absolute Gasteiger partial charge is 0.341 e. The van der Waals surface area contributed by atoms with Gasteiger partial charge in [-0.15, -0.1) is 11.3 Å². The number of carbonyl (C=O) groups is 4. The van der Waals surface area contributed by atoms with Gasteiger partial charge in [0.2, 0.25) is 5.91 Å². The molecule has 9 heteroatoms. The Balaban J connectivity index is 1.96. The van der Waals surface area contributed by atoms with Gasteiger partial charge in [-0.2, -0.15) is 0 Å². The first-order valence-corrected chi connectivity index (χ1v) is 10.5. The van der Waals surface area contributed by atoms with Crippen LogP contribution < -0.4 is 5.32 Å². The van der Waals surface area contributed by atoms with E-state index in [1.54, 1.807) is 11.8 Å². The minimum Gasteiger partial charge on any atom is -0.478 e. The summed E-state index contributed by atoms with van der Waals surface area (Å²) in [4.78, 5) is 51.2. The van der Waals surface area contributed by atoms with Crippen LogP contribution in [0.4, 0.5) is 5.00 Å². The Morgan fingerprint density at radius 2 is 1.83 bits per heavy atom. The van der Waals surface area contributed by atoms with Crippen molar-refractivity contribution in [1.82, 2.24) is 4.90 Å². The van der Waals surface area contributed by atoms with E-state index in [0.29, 0.717) is 42.9 Å². The Labute approximate surface area is 172 Å². The van der Waals surface area contributed by atoms with Crippen LogP contribution >= 0.6 is 11.3 Å². The zero-order valence-corrected chi connectivity index (χ0v) is 17.3. The number of carboxylic acid groups (broad SMARTS) is 1. The molecule has 0 radical (unpaired) electrons. The summed E-state index contributed by atoms with van der Waals surface area (Å²) in [6, 6.07) is 0. The third-order valence-corrected chi connectivity index (χ3v) is 6.34. The second kappa shape index (κ2) is 8.77. The molecule has 0 unspecified atom stereocenters. The predicted molar refractivity (Wildman–Crippen MR) is 107 cm³/mol. The standard InChI is InChI=1S/C20H24N2O6S/c1-3-28-20(27)16-14-8-9-22(11(2)23)10-15(14)29-18(16)21-17(24)12-6-4-5-7-13(12)19(25)26/h3-10H2,1-2H3,(H,21,24)(H,25,26). The molecule has 2 amide bonds. The fourth-order valence-electron chi connectivity index (χ4n) is 3.75. The first-order chi connectivity index (χ1) is 13.8. The normalized spacial score (nSPS) is 16.3. The van der Waals surface area contributed by atoms with Crippen molar-refractivity contribution in [1.29, 1.82) is 0 Å². The fraction of sp³-hybridized carbons (Fsp3) is 0.500. The summed E-state index contributed by atoms with van der Waals surface area (Å²) in [6.07, 6.45) is 2.74. The topological polar surface area (TPSA) is 113 Å². The number of hydrogen-bond acceptors (Lipinski definition) is 6. The highest BCUT2D eigenvalue weighted by Gasteiger charge is 2.31. The SMILES string of the molecule is CCOC(=O)c1c(NC(=O)C2=C(C(=O)O)CCCC2)sc2c1CCN(C(C)=O)C2. The Bertz CT molecular complexity index is 901. The molecule has 1 aromatic rings. The Hall–Kier alpha value is -2.68. The highest BCUT2D eigenvalue weighted by Crippen LogP contribution is 2.38. The number of hydrogen-bond donors (Lipinski definition) is 2. The van der Waals surface area contributed by atoms with Gasteiger partial charge in [-0.25, -0.2) is 9.59 Å². The van der Waals surface area contributed by atoms with Crippen LogP contribution in [0.15, 0.2) is 11.1 Å². The zero-order chi connectivity index (χ0) is 21.1. The number of fused-ring (bicyclic) bond motifs is 1. The van der Waals surface area contributed by atoms with E-state index in [2.05, 4.69) is 5.32 Å². The number of esters is 1. The van der Waals surface area contributed by atoms with E-state index >= 15 is 0 Å². The maximum Gasteiger partial charge on any atom is 0.341 e. The molecule has 3 rings (SSSR count). The Kier molecular flexibility index (Phi) is 6.36. The number of ether oxygens (including phenoxy) is 1. The van der Waals surface area contributed by atoms with E-state index in [4.69, 9.17) is 4.74 Å². The average molecular weight is 420 g/mol. The van der Waals surface area contributed by atoms with Crippen LogP contribution in [0.3, 0.4) is 0 Å². The molecular weight excluding hydrogens is 396 g/mol. The number of carboxylic acids is 1. The molecule has 1 aromatic heterocycles. The van der Waals surface area contributed by atoms with Crippen molar-refractivity contribution in [2.24, 2.45) is 0 Å². The molecule has 29 heavy (non-hydrogen) atoms. The highest BCUT2D eigenvalue weighted by atomic mass is 32.1. The van der Waals surface area contributed by atoms with Crippen molar-refractivity contribution in [2.75, 3.05) is 18.5 Å². The van der Waals surface area contributed by atoms with Crippen LogP contribution in [0.25, 0.3) is 0 Å². The summed E-state index contributed by atoms with van der Waals surface area (Å²) < 4.78 is 5.18. The van der Waals surface area contributed by atoms with Gasteiger partial charge < -0.3 is 20.1 Å². The first-order valence-electron chi connectivity index (χ1n) is 9.67. The molecule has 156 valence electrons. The number of thiophene rings is 1. The molecular formula is C20H24N2O6S. The Morgan fingerprint density at radius 1 is 1.14 bits per heavy atom. The van der Waals surface area contributed by atoms with E-state index in [0.717, 1.165) is 23.3 Å². The minimum absolute atomic E-state index is 0.0502. The number of aliphatic carboxylic acids is 1. The molecule has 0 bridgehead atoms. The van der Waals surface area contributed by atoms with Crippen LogP contribution in [0.1, 0.15) is 60.3 Å². The van der Waals surface area contributed by atoms with Gasteiger partial charge in [0.05, 0.1) is 18.7 Å². The third-order valence-electron chi connectivity index (χ3n) is 5.21. The van der Waals surface area contributed by atoms with Gasteiger partial charge in [-0.1, -0.05) is 0 Å². The van der Waals surface area contributed by atoms with E-state index in [1.807, 2.05) is 0 Å². The number of anilines is 1. The lowest BCUT2D eigenvalue weighted by molar-refractivity contribution is -0.133. The van der Waals surface area contributed by atoms with E-state index in [-0.39, 0.29) is 23.7 Å². The molecule has 0 aromatic carbocycles. The highest BCUT2D eigenvalue weighted by molar-refractivity contribution is 7.17. The summed E-state index contributed by atoms with van der Waals surface area (Å²) in [7, 11) is 0. The van der Waals surface area contributed by atoms with Gasteiger partial charge in [0.1, 0.15) is 5.00 Å². The van der Waals surface area contributed by atoms with Gasteiger partial charge in [0.25, 0.3) is 5.91 Å². The lowest BCUT2D eigenvalue weighted by Crippen LogP contribution is -2.34. The van der Waals surface area contributed by atoms with Gasteiger partial charge in [0, 0.05) is 29.5 Å². The van der Waals surface area contributed by atoms with Gasteiger partial charge >= 0.3 is 11.9 Å². The number of nitrogens with one attached hydrogen (secondary N) is 1. The molecule has 0 fully saturated rings. The van der Waals surface area contributed by atoms with Crippen LogP contribution in [0.2, 0.25) is 0 Å². The molecule has 2 heterocycles. The van der Waals surface area contributed by atoms with Crippen LogP contribution in [0, 0.1) is 0 Å². The summed E-state index contributed by atoms with van der Waals surface area (Å²) in [5.74, 6) is -2.14. The van der Waals surface area contributed by atoms with Gasteiger partial charge in [0.15, 0.2) is 0 Å². The van der Waals surface area contributed by atoms with E-state index < -0.39 is 17.8 Å². The van der Waals surface area contributed by atoms with Crippen molar-refractivity contribution in [3.05, 3.63) is 27.2 Å². The zero-order valence-electron chi connectivity index (χ0n) is 16.5. The van der Waals surface area contributed by atoms with Crippen molar-refractivity contribution >= 4 is 40.1 Å². The quantitative estimate of drug-likeness (QED) is 0.708. The second-order valence-electron chi connectivity index (χ2n) is 7.04. The molecule has 2 N–H and O–H groups in total. The Morgan fingerprint density at radius 3 is 2.45 bits per heavy atom. The number of carbonyl (C=O) groups excluding carboxylic acids is 3. The van der Waals surface area contributed by atoms with Crippen molar-refractivity contribution < 1.29 is 29.0 Å². The van der Waals surface area contributed by atoms with E-state index in [1.165, 1.54) is 18.3 Å². The molecule has 0 saturated carbocycles. The summed E-state index contributed by atoms with van der Waals surface area (Å²) >= 11 is 1.24. The van der Waals surface area contributed by atoms with Gasteiger partial charge in [-0.3, -0.25) is 9.59 Å². The second-order valence-corrected chi connectivity index (χ2v) is 8.15. The van der Waals surface area contributed by atoms with Crippen LogP contribution in [-0.4, -0.2) is 46.9 Å². The molecule has 1 aliphatic carbocycles. The summed E-state index contributed by atoms with van der Waals surface area (Å²) in [5, 5.41) is 12.5. The minimum atomic E-state index is -1.08. The summed E-state index contributed by atoms with van der Waals surface area (Å²) in [5.41, 5.74) is 1.50. The van der Waals surface area contributed by atoms with Gasteiger partial charge in [-0.05, 0) is 44.6 Å². The summed E-state index contributed by atoms with van der Waals surface area (Å²) in [6.45, 7) is 4.27. The number of amides is 2. The number of rotatable bonds is 5. The largest absolute Gasteiger partial charge is 0.478 e. The molecule has 0 saturated heterocycles. The van der Waals surface area contributed by atoms with Crippen LogP contribution in [-0.2, 0) is 32.1 Å². The molecule has 2 aliphatic rings. The lowest BCUT2D eigenvalue weighted by Gasteiger charge is -2.25. The number of nitrogens with zero attached hydrogens (tertiary/aromatic N) is 1. The maximum absolute atomic E-state index is 12.9. The first kappa shape index (κ1) is 21.0. The fourth-order valence-corrected chi connectivity index (χ4v) is 5.00.